The van der Waals surface area contributed by atoms with Crippen LogP contribution in [0.5, 0.6) is 0 Å². The lowest BCUT2D eigenvalue weighted by Crippen LogP contribution is -2.14. The molecule has 9 nitrogen and oxygen atoms in total. The first kappa shape index (κ1) is 19.0. The van der Waals surface area contributed by atoms with Gasteiger partial charge in [0.1, 0.15) is 0 Å². The molecule has 140 valence electrons. The van der Waals surface area contributed by atoms with E-state index in [1.165, 1.54) is 34.9 Å². The summed E-state index contributed by atoms with van der Waals surface area (Å²) in [4.78, 5) is 29.2. The maximum atomic E-state index is 12.2. The van der Waals surface area contributed by atoms with Crippen molar-refractivity contribution in [3.05, 3.63) is 40.4 Å². The van der Waals surface area contributed by atoms with Crippen molar-refractivity contribution in [1.29, 1.82) is 0 Å². The number of thiazole rings is 1. The molecule has 0 atom stereocenters. The molecule has 3 aromatic rings. The highest BCUT2D eigenvalue weighted by atomic mass is 32.2. The third kappa shape index (κ3) is 4.49. The number of nitrogens with one attached hydrogen (secondary N) is 1. The first-order chi connectivity index (χ1) is 13.0. The van der Waals surface area contributed by atoms with Crippen molar-refractivity contribution in [1.82, 2.24) is 25.2 Å². The van der Waals surface area contributed by atoms with E-state index >= 15 is 0 Å². The zero-order valence-electron chi connectivity index (χ0n) is 14.8. The number of carbonyl (C=O) groups is 2. The Balaban J connectivity index is 1.68. The number of aryl methyl sites for hydroxylation is 2. The minimum Gasteiger partial charge on any atom is -0.465 e. The van der Waals surface area contributed by atoms with Crippen LogP contribution < -0.4 is 5.32 Å². The Bertz CT molecular complexity index is 965. The second-order valence-corrected chi connectivity index (χ2v) is 7.56. The van der Waals surface area contributed by atoms with Crippen molar-refractivity contribution in [2.24, 2.45) is 0 Å². The number of esters is 1. The number of nitrogens with zero attached hydrogens (tertiary/aromatic N) is 5. The number of rotatable bonds is 6. The molecule has 0 bridgehead atoms. The summed E-state index contributed by atoms with van der Waals surface area (Å²) in [5, 5.41) is 15.3. The van der Waals surface area contributed by atoms with Gasteiger partial charge in [0.05, 0.1) is 29.8 Å². The number of tetrazole rings is 1. The highest BCUT2D eigenvalue weighted by Crippen LogP contribution is 2.23. The van der Waals surface area contributed by atoms with E-state index < -0.39 is 5.97 Å². The van der Waals surface area contributed by atoms with E-state index in [1.807, 2.05) is 13.8 Å². The van der Waals surface area contributed by atoms with Gasteiger partial charge in [-0.1, -0.05) is 17.8 Å². The van der Waals surface area contributed by atoms with Crippen LogP contribution in [0.2, 0.25) is 0 Å². The van der Waals surface area contributed by atoms with E-state index in [9.17, 15) is 9.59 Å². The lowest BCUT2D eigenvalue weighted by atomic mass is 10.2. The molecule has 0 radical (unpaired) electrons. The summed E-state index contributed by atoms with van der Waals surface area (Å²) in [5.74, 6) is -0.534. The molecule has 0 aliphatic rings. The number of aromatic nitrogens is 5. The average molecular weight is 404 g/mol. The quantitative estimate of drug-likeness (QED) is 0.492. The van der Waals surface area contributed by atoms with Gasteiger partial charge in [0, 0.05) is 4.88 Å². The Kier molecular flexibility index (Phi) is 5.81. The summed E-state index contributed by atoms with van der Waals surface area (Å²) in [6.07, 6.45) is 0. The van der Waals surface area contributed by atoms with Crippen molar-refractivity contribution in [3.63, 3.8) is 0 Å². The fourth-order valence-corrected chi connectivity index (χ4v) is 3.65. The van der Waals surface area contributed by atoms with E-state index in [0.29, 0.717) is 21.5 Å². The zero-order valence-corrected chi connectivity index (χ0v) is 16.4. The standard InChI is InChI=1S/C16H16N6O3S2/c1-9-10(2)27-15(17-9)18-13(23)8-26-16-19-20-21-22(16)12-6-4-5-11(7-12)14(24)25-3/h4-7H,8H2,1-3H3,(H,17,18,23). The number of anilines is 1. The summed E-state index contributed by atoms with van der Waals surface area (Å²) < 4.78 is 6.18. The predicted octanol–water partition coefficient (Wildman–Crippen LogP) is 2.25. The van der Waals surface area contributed by atoms with E-state index in [2.05, 4.69) is 25.8 Å². The number of thioether (sulfide) groups is 1. The first-order valence-electron chi connectivity index (χ1n) is 7.81. The SMILES string of the molecule is COC(=O)c1cccc(-n2nnnc2SCC(=O)Nc2nc(C)c(C)s2)c1. The van der Waals surface area contributed by atoms with Crippen molar-refractivity contribution >= 4 is 40.1 Å². The molecule has 0 saturated heterocycles. The minimum absolute atomic E-state index is 0.120. The largest absolute Gasteiger partial charge is 0.465 e. The Morgan fingerprint density at radius 1 is 1.33 bits per heavy atom. The van der Waals surface area contributed by atoms with Crippen molar-refractivity contribution < 1.29 is 14.3 Å². The van der Waals surface area contributed by atoms with Crippen molar-refractivity contribution in [2.75, 3.05) is 18.2 Å². The van der Waals surface area contributed by atoms with Crippen LogP contribution in [-0.4, -0.2) is 49.9 Å². The molecule has 0 spiro atoms. The van der Waals surface area contributed by atoms with Gasteiger partial charge in [0.2, 0.25) is 11.1 Å². The third-order valence-electron chi connectivity index (χ3n) is 3.56. The van der Waals surface area contributed by atoms with Crippen LogP contribution in [0, 0.1) is 13.8 Å². The second kappa shape index (κ2) is 8.27. The summed E-state index contributed by atoms with van der Waals surface area (Å²) in [6.45, 7) is 3.85. The second-order valence-electron chi connectivity index (χ2n) is 5.41. The van der Waals surface area contributed by atoms with Gasteiger partial charge < -0.3 is 10.1 Å². The molecule has 2 heterocycles. The number of methoxy groups -OCH3 is 1. The molecule has 0 aliphatic carbocycles. The molecule has 1 amide bonds. The van der Waals surface area contributed by atoms with Gasteiger partial charge >= 0.3 is 5.97 Å². The fraction of sp³-hybridized carbons (Fsp3) is 0.250. The lowest BCUT2D eigenvalue weighted by molar-refractivity contribution is -0.113. The van der Waals surface area contributed by atoms with E-state index in [4.69, 9.17) is 4.74 Å². The molecule has 11 heteroatoms. The summed E-state index contributed by atoms with van der Waals surface area (Å²) in [6, 6.07) is 6.72. The highest BCUT2D eigenvalue weighted by molar-refractivity contribution is 7.99. The van der Waals surface area contributed by atoms with E-state index in [0.717, 1.165) is 10.6 Å². The lowest BCUT2D eigenvalue weighted by Gasteiger charge is -2.06. The Morgan fingerprint density at radius 3 is 2.85 bits per heavy atom. The molecule has 3 rings (SSSR count). The van der Waals surface area contributed by atoms with E-state index in [-0.39, 0.29) is 11.7 Å². The van der Waals surface area contributed by atoms with Gasteiger partial charge in [-0.25, -0.2) is 9.78 Å². The van der Waals surface area contributed by atoms with Crippen LogP contribution in [0.3, 0.4) is 0 Å². The predicted molar refractivity (Wildman–Crippen MR) is 101 cm³/mol. The Hall–Kier alpha value is -2.79. The highest BCUT2D eigenvalue weighted by Gasteiger charge is 2.14. The maximum absolute atomic E-state index is 12.2. The number of amides is 1. The van der Waals surface area contributed by atoms with Gasteiger partial charge in [-0.05, 0) is 42.5 Å². The monoisotopic (exact) mass is 404 g/mol. The molecule has 0 aliphatic heterocycles. The number of hydrogen-bond acceptors (Lipinski definition) is 9. The number of carbonyl (C=O) groups excluding carboxylic acids is 2. The fourth-order valence-electron chi connectivity index (χ4n) is 2.13. The van der Waals surface area contributed by atoms with Crippen molar-refractivity contribution in [3.8, 4) is 5.69 Å². The van der Waals surface area contributed by atoms with Gasteiger partial charge in [-0.2, -0.15) is 4.68 Å². The summed E-state index contributed by atoms with van der Waals surface area (Å²) in [5.41, 5.74) is 1.88. The van der Waals surface area contributed by atoms with Gasteiger partial charge in [-0.3, -0.25) is 4.79 Å². The van der Waals surface area contributed by atoms with Crippen LogP contribution in [0.15, 0.2) is 29.4 Å². The van der Waals surface area contributed by atoms with Crippen LogP contribution in [-0.2, 0) is 9.53 Å². The van der Waals surface area contributed by atoms with Crippen molar-refractivity contribution in [2.45, 2.75) is 19.0 Å². The molecule has 0 saturated carbocycles. The molecule has 0 unspecified atom stereocenters. The van der Waals surface area contributed by atoms with E-state index in [1.54, 1.807) is 24.3 Å². The topological polar surface area (TPSA) is 112 Å². The Morgan fingerprint density at radius 2 is 2.15 bits per heavy atom. The average Bonchev–Trinajstić information content (AvgIpc) is 3.25. The van der Waals surface area contributed by atoms with Crippen LogP contribution in [0.1, 0.15) is 20.9 Å². The maximum Gasteiger partial charge on any atom is 0.337 e. The third-order valence-corrected chi connectivity index (χ3v) is 5.47. The first-order valence-corrected chi connectivity index (χ1v) is 9.62. The van der Waals surface area contributed by atoms with Crippen LogP contribution in [0.25, 0.3) is 5.69 Å². The molecular weight excluding hydrogens is 388 g/mol. The summed E-state index contributed by atoms with van der Waals surface area (Å²) in [7, 11) is 1.32. The zero-order chi connectivity index (χ0) is 19.4. The summed E-state index contributed by atoms with van der Waals surface area (Å²) >= 11 is 2.61. The van der Waals surface area contributed by atoms with Gasteiger partial charge in [0.25, 0.3) is 0 Å². The molecule has 2 aromatic heterocycles. The molecule has 1 aromatic carbocycles. The normalized spacial score (nSPS) is 10.6. The number of benzene rings is 1. The minimum atomic E-state index is -0.451. The smallest absolute Gasteiger partial charge is 0.337 e. The Labute approximate surface area is 163 Å². The van der Waals surface area contributed by atoms with Gasteiger partial charge in [-0.15, -0.1) is 16.4 Å². The molecular formula is C16H16N6O3S2. The molecule has 1 N–H and O–H groups in total. The number of hydrogen-bond donors (Lipinski definition) is 1. The van der Waals surface area contributed by atoms with Gasteiger partial charge in [0.15, 0.2) is 5.13 Å². The molecule has 27 heavy (non-hydrogen) atoms. The van der Waals surface area contributed by atoms with Crippen LogP contribution >= 0.6 is 23.1 Å². The number of ether oxygens (including phenoxy) is 1. The van der Waals surface area contributed by atoms with Crippen LogP contribution in [0.4, 0.5) is 5.13 Å². The molecule has 0 fully saturated rings.